The van der Waals surface area contributed by atoms with E-state index in [9.17, 15) is 9.59 Å². The molecule has 3 aromatic heterocycles. The topological polar surface area (TPSA) is 89.4 Å². The number of carbonyl (C=O) groups is 1. The number of nitrogens with one attached hydrogen (secondary N) is 1. The predicted octanol–water partition coefficient (Wildman–Crippen LogP) is 2.41. The summed E-state index contributed by atoms with van der Waals surface area (Å²) in [5, 5.41) is 2.01. The Bertz CT molecular complexity index is 1100. The first-order valence-corrected chi connectivity index (χ1v) is 11.2. The number of hydrogen-bond donors (Lipinski definition) is 1. The van der Waals surface area contributed by atoms with Crippen molar-refractivity contribution in [2.45, 2.75) is 32.9 Å². The zero-order valence-corrected chi connectivity index (χ0v) is 18.5. The molecule has 8 nitrogen and oxygen atoms in total. The molecular weight excluding hydrogens is 416 g/mol. The Hall–Kier alpha value is -2.91. The van der Waals surface area contributed by atoms with Crippen LogP contribution in [0.1, 0.15) is 32.4 Å². The number of nitrogens with zero attached hydrogens (tertiary/aromatic N) is 3. The van der Waals surface area contributed by atoms with E-state index in [2.05, 4.69) is 14.9 Å². The van der Waals surface area contributed by atoms with Gasteiger partial charge in [0.1, 0.15) is 17.1 Å². The van der Waals surface area contributed by atoms with Gasteiger partial charge in [-0.15, -0.1) is 11.3 Å². The van der Waals surface area contributed by atoms with Gasteiger partial charge in [0.05, 0.1) is 13.7 Å². The molecule has 3 aromatic rings. The van der Waals surface area contributed by atoms with E-state index in [1.54, 1.807) is 15.9 Å². The van der Waals surface area contributed by atoms with Crippen molar-refractivity contribution < 1.29 is 14.3 Å². The molecule has 4 heterocycles. The smallest absolute Gasteiger partial charge is 0.343 e. The van der Waals surface area contributed by atoms with E-state index < -0.39 is 5.97 Å². The van der Waals surface area contributed by atoms with Crippen LogP contribution in [0.2, 0.25) is 0 Å². The highest BCUT2D eigenvalue weighted by Gasteiger charge is 2.26. The predicted molar refractivity (Wildman–Crippen MR) is 118 cm³/mol. The van der Waals surface area contributed by atoms with Crippen molar-refractivity contribution in [1.82, 2.24) is 19.4 Å². The number of esters is 1. The number of fused-ring (bicyclic) bond motifs is 1. The molecule has 0 saturated heterocycles. The number of ether oxygens (including phenoxy) is 2. The number of aromatic amines is 1. The van der Waals surface area contributed by atoms with Crippen molar-refractivity contribution in [2.75, 3.05) is 26.8 Å². The van der Waals surface area contributed by atoms with Crippen LogP contribution in [0.15, 0.2) is 34.6 Å². The minimum Gasteiger partial charge on any atom is -0.492 e. The zero-order valence-electron chi connectivity index (χ0n) is 17.7. The molecular formula is C22H26N4O4S. The van der Waals surface area contributed by atoms with Crippen molar-refractivity contribution in [3.8, 4) is 5.75 Å². The molecule has 0 amide bonds. The molecule has 0 bridgehead atoms. The minimum absolute atomic E-state index is 0.159. The van der Waals surface area contributed by atoms with Crippen LogP contribution in [0.5, 0.6) is 5.75 Å². The van der Waals surface area contributed by atoms with Gasteiger partial charge in [0.25, 0.3) is 5.56 Å². The number of pyridine rings is 1. The Kier molecular flexibility index (Phi) is 6.53. The molecule has 1 aliphatic rings. The van der Waals surface area contributed by atoms with E-state index in [4.69, 9.17) is 9.47 Å². The highest BCUT2D eigenvalue weighted by molar-refractivity contribution is 7.09. The van der Waals surface area contributed by atoms with E-state index in [0.29, 0.717) is 62.6 Å². The van der Waals surface area contributed by atoms with Crippen molar-refractivity contribution >= 4 is 17.3 Å². The molecule has 9 heteroatoms. The van der Waals surface area contributed by atoms with Crippen LogP contribution in [-0.4, -0.2) is 52.2 Å². The second-order valence-corrected chi connectivity index (χ2v) is 8.54. The fourth-order valence-corrected chi connectivity index (χ4v) is 4.59. The number of aromatic nitrogens is 3. The first-order chi connectivity index (χ1) is 15.0. The maximum Gasteiger partial charge on any atom is 0.343 e. The number of carbonyl (C=O) groups excluding carboxylic acids is 1. The number of H-pyrrole nitrogens is 1. The van der Waals surface area contributed by atoms with Crippen LogP contribution in [0, 0.1) is 6.92 Å². The summed E-state index contributed by atoms with van der Waals surface area (Å²) < 4.78 is 12.6. The zero-order chi connectivity index (χ0) is 21.8. The number of aryl methyl sites for hydroxylation is 1. The maximum absolute atomic E-state index is 12.9. The van der Waals surface area contributed by atoms with Gasteiger partial charge in [0.2, 0.25) is 0 Å². The minimum atomic E-state index is -0.479. The van der Waals surface area contributed by atoms with Gasteiger partial charge in [-0.3, -0.25) is 9.69 Å². The van der Waals surface area contributed by atoms with Crippen LogP contribution < -0.4 is 10.3 Å². The molecule has 164 valence electrons. The number of thiophene rings is 1. The van der Waals surface area contributed by atoms with E-state index in [1.807, 2.05) is 30.6 Å². The van der Waals surface area contributed by atoms with Gasteiger partial charge in [-0.25, -0.2) is 9.78 Å². The highest BCUT2D eigenvalue weighted by Crippen LogP contribution is 2.25. The van der Waals surface area contributed by atoms with Crippen LogP contribution in [0.4, 0.5) is 0 Å². The summed E-state index contributed by atoms with van der Waals surface area (Å²) >= 11 is 1.65. The summed E-state index contributed by atoms with van der Waals surface area (Å²) in [6, 6.07) is 5.44. The molecule has 1 aliphatic heterocycles. The third-order valence-corrected chi connectivity index (χ3v) is 6.35. The number of hydrogen-bond acceptors (Lipinski definition) is 7. The lowest BCUT2D eigenvalue weighted by atomic mass is 10.1. The van der Waals surface area contributed by atoms with Crippen molar-refractivity contribution in [3.63, 3.8) is 0 Å². The van der Waals surface area contributed by atoms with E-state index in [0.717, 1.165) is 11.5 Å². The fraction of sp³-hybridized carbons (Fsp3) is 0.409. The molecule has 0 saturated carbocycles. The van der Waals surface area contributed by atoms with Crippen LogP contribution >= 0.6 is 11.3 Å². The normalized spacial score (nSPS) is 14.1. The third kappa shape index (κ3) is 4.88. The SMILES string of the molecule is COC(=O)c1c(OCCc2cccs2)cc(=O)n2c1CCN(Cc1cnc(C)[nH]1)CC2. The fourth-order valence-electron chi connectivity index (χ4n) is 3.90. The summed E-state index contributed by atoms with van der Waals surface area (Å²) in [4.78, 5) is 36.4. The summed E-state index contributed by atoms with van der Waals surface area (Å²) in [5.41, 5.74) is 1.90. The summed E-state index contributed by atoms with van der Waals surface area (Å²) in [5.74, 6) is 0.700. The standard InChI is InChI=1S/C22H26N4O4S/c1-15-23-13-16(24-15)14-25-7-5-18-21(22(28)29-2)19(12-20(27)26(18)9-8-25)30-10-6-17-4-3-11-31-17/h3-4,11-13H,5-10,14H2,1-2H3,(H,23,24). The molecule has 31 heavy (non-hydrogen) atoms. The Balaban J connectivity index is 1.56. The summed E-state index contributed by atoms with van der Waals surface area (Å²) in [7, 11) is 1.35. The molecule has 0 atom stereocenters. The van der Waals surface area contributed by atoms with Crippen LogP contribution in [0.25, 0.3) is 0 Å². The van der Waals surface area contributed by atoms with Gasteiger partial charge >= 0.3 is 5.97 Å². The Morgan fingerprint density at radius 1 is 1.32 bits per heavy atom. The van der Waals surface area contributed by atoms with E-state index >= 15 is 0 Å². The van der Waals surface area contributed by atoms with Crippen molar-refractivity contribution in [1.29, 1.82) is 0 Å². The summed E-state index contributed by atoms with van der Waals surface area (Å²) in [6.07, 6.45) is 3.10. The molecule has 0 aliphatic carbocycles. The second-order valence-electron chi connectivity index (χ2n) is 7.51. The van der Waals surface area contributed by atoms with Gasteiger partial charge in [-0.1, -0.05) is 6.07 Å². The average molecular weight is 443 g/mol. The Morgan fingerprint density at radius 3 is 2.90 bits per heavy atom. The highest BCUT2D eigenvalue weighted by atomic mass is 32.1. The van der Waals surface area contributed by atoms with Gasteiger partial charge in [-0.2, -0.15) is 0 Å². The van der Waals surface area contributed by atoms with E-state index in [1.165, 1.54) is 18.1 Å². The molecule has 1 N–H and O–H groups in total. The second kappa shape index (κ2) is 9.49. The lowest BCUT2D eigenvalue weighted by Crippen LogP contribution is -2.29. The molecule has 0 radical (unpaired) electrons. The number of imidazole rings is 1. The van der Waals surface area contributed by atoms with Crippen molar-refractivity contribution in [2.24, 2.45) is 0 Å². The molecule has 0 aromatic carbocycles. The van der Waals surface area contributed by atoms with Crippen LogP contribution in [-0.2, 0) is 30.7 Å². The summed E-state index contributed by atoms with van der Waals surface area (Å²) in [6.45, 7) is 4.93. The molecule has 4 rings (SSSR count). The molecule has 0 unspecified atom stereocenters. The molecule has 0 fully saturated rings. The molecule has 0 spiro atoms. The quantitative estimate of drug-likeness (QED) is 0.565. The van der Waals surface area contributed by atoms with Gasteiger partial charge < -0.3 is 19.0 Å². The number of rotatable bonds is 7. The van der Waals surface area contributed by atoms with Gasteiger partial charge in [0.15, 0.2) is 0 Å². The van der Waals surface area contributed by atoms with Gasteiger partial charge in [0, 0.05) is 67.5 Å². The van der Waals surface area contributed by atoms with Crippen molar-refractivity contribution in [3.05, 3.63) is 67.8 Å². The Labute approximate surface area is 184 Å². The maximum atomic E-state index is 12.9. The van der Waals surface area contributed by atoms with Crippen LogP contribution in [0.3, 0.4) is 0 Å². The Morgan fingerprint density at radius 2 is 2.19 bits per heavy atom. The number of methoxy groups -OCH3 is 1. The third-order valence-electron chi connectivity index (χ3n) is 5.41. The lowest BCUT2D eigenvalue weighted by Gasteiger charge is -2.18. The first-order valence-electron chi connectivity index (χ1n) is 10.3. The van der Waals surface area contributed by atoms with Gasteiger partial charge in [-0.05, 0) is 18.4 Å². The average Bonchev–Trinajstić information content (AvgIpc) is 3.37. The van der Waals surface area contributed by atoms with E-state index in [-0.39, 0.29) is 5.56 Å². The monoisotopic (exact) mass is 442 g/mol. The first kappa shape index (κ1) is 21.3. The lowest BCUT2D eigenvalue weighted by molar-refractivity contribution is 0.0593. The largest absolute Gasteiger partial charge is 0.492 e.